The highest BCUT2D eigenvalue weighted by atomic mass is 16.5. The summed E-state index contributed by atoms with van der Waals surface area (Å²) in [4.78, 5) is 4.81. The molecule has 0 bridgehead atoms. The Morgan fingerprint density at radius 3 is 2.43 bits per heavy atom. The first-order valence-corrected chi connectivity index (χ1v) is 7.72. The lowest BCUT2D eigenvalue weighted by molar-refractivity contribution is 0.0259. The molecule has 1 saturated carbocycles. The number of nitrogens with two attached hydrogens (primary N) is 1. The summed E-state index contributed by atoms with van der Waals surface area (Å²) < 4.78 is 5.42. The molecular formula is C17H29N3O. The quantitative estimate of drug-likeness (QED) is 0.835. The monoisotopic (exact) mass is 291 g/mol. The minimum Gasteiger partial charge on any atom is -0.496 e. The van der Waals surface area contributed by atoms with E-state index in [1.165, 1.54) is 24.8 Å². The van der Waals surface area contributed by atoms with Gasteiger partial charge in [0.25, 0.3) is 0 Å². The Labute approximate surface area is 128 Å². The van der Waals surface area contributed by atoms with Crippen LogP contribution in [0.15, 0.2) is 18.2 Å². The van der Waals surface area contributed by atoms with Crippen molar-refractivity contribution in [1.29, 1.82) is 0 Å². The van der Waals surface area contributed by atoms with E-state index >= 15 is 0 Å². The third-order valence-electron chi connectivity index (χ3n) is 4.82. The van der Waals surface area contributed by atoms with Gasteiger partial charge in [0.1, 0.15) is 5.75 Å². The SMILES string of the molecule is COc1cc(CN(C)CC2(N(C)C)CCC2)ccc1CN. The van der Waals surface area contributed by atoms with Gasteiger partial charge in [-0.1, -0.05) is 12.1 Å². The first-order chi connectivity index (χ1) is 10.0. The molecule has 0 saturated heterocycles. The molecule has 1 aliphatic rings. The Hall–Kier alpha value is -1.10. The van der Waals surface area contributed by atoms with Crippen molar-refractivity contribution in [3.8, 4) is 5.75 Å². The summed E-state index contributed by atoms with van der Waals surface area (Å²) in [6, 6.07) is 6.35. The summed E-state index contributed by atoms with van der Waals surface area (Å²) in [5.41, 5.74) is 8.44. The van der Waals surface area contributed by atoms with Crippen molar-refractivity contribution in [2.24, 2.45) is 5.73 Å². The zero-order chi connectivity index (χ0) is 15.5. The second-order valence-corrected chi connectivity index (χ2v) is 6.49. The predicted molar refractivity (Wildman–Crippen MR) is 87.5 cm³/mol. The Bertz CT molecular complexity index is 469. The molecule has 1 aromatic rings. The first kappa shape index (κ1) is 16.3. The van der Waals surface area contributed by atoms with Gasteiger partial charge in [-0.15, -0.1) is 0 Å². The number of nitrogens with zero attached hydrogens (tertiary/aromatic N) is 2. The van der Waals surface area contributed by atoms with Gasteiger partial charge < -0.3 is 20.3 Å². The third-order valence-corrected chi connectivity index (χ3v) is 4.82. The van der Waals surface area contributed by atoms with Crippen molar-refractivity contribution in [2.45, 2.75) is 37.9 Å². The van der Waals surface area contributed by atoms with Crippen LogP contribution in [0.3, 0.4) is 0 Å². The molecule has 21 heavy (non-hydrogen) atoms. The standard InChI is InChI=1S/C17H29N3O/c1-19(2)17(8-5-9-17)13-20(3)12-14-6-7-15(11-18)16(10-14)21-4/h6-7,10H,5,8-9,11-13,18H2,1-4H3. The Kier molecular flexibility index (Phi) is 5.25. The van der Waals surface area contributed by atoms with Gasteiger partial charge in [0.2, 0.25) is 0 Å². The van der Waals surface area contributed by atoms with Crippen molar-refractivity contribution in [2.75, 3.05) is 34.8 Å². The van der Waals surface area contributed by atoms with E-state index in [1.807, 2.05) is 0 Å². The summed E-state index contributed by atoms with van der Waals surface area (Å²) in [7, 11) is 8.31. The molecule has 4 heteroatoms. The van der Waals surface area contributed by atoms with E-state index in [1.54, 1.807) is 7.11 Å². The molecule has 118 valence electrons. The van der Waals surface area contributed by atoms with Gasteiger partial charge in [0.15, 0.2) is 0 Å². The van der Waals surface area contributed by atoms with Crippen molar-refractivity contribution < 1.29 is 4.74 Å². The topological polar surface area (TPSA) is 41.7 Å². The fourth-order valence-electron chi connectivity index (χ4n) is 3.26. The van der Waals surface area contributed by atoms with Gasteiger partial charge in [-0.25, -0.2) is 0 Å². The van der Waals surface area contributed by atoms with Gasteiger partial charge in [-0.3, -0.25) is 0 Å². The molecule has 2 rings (SSSR count). The van der Waals surface area contributed by atoms with Crippen molar-refractivity contribution in [3.05, 3.63) is 29.3 Å². The molecular weight excluding hydrogens is 262 g/mol. The van der Waals surface area contributed by atoms with Gasteiger partial charge in [0, 0.05) is 30.7 Å². The molecule has 0 atom stereocenters. The first-order valence-electron chi connectivity index (χ1n) is 7.72. The number of rotatable bonds is 7. The zero-order valence-electron chi connectivity index (χ0n) is 13.9. The lowest BCUT2D eigenvalue weighted by Crippen LogP contribution is -2.56. The number of hydrogen-bond donors (Lipinski definition) is 1. The number of likely N-dealkylation sites (N-methyl/N-ethyl adjacent to an activating group) is 2. The smallest absolute Gasteiger partial charge is 0.123 e. The maximum Gasteiger partial charge on any atom is 0.123 e. The summed E-state index contributed by atoms with van der Waals surface area (Å²) in [5.74, 6) is 0.898. The highest BCUT2D eigenvalue weighted by Crippen LogP contribution is 2.36. The van der Waals surface area contributed by atoms with Crippen LogP contribution in [-0.2, 0) is 13.1 Å². The van der Waals surface area contributed by atoms with Crippen molar-refractivity contribution in [3.63, 3.8) is 0 Å². The molecule has 1 fully saturated rings. The van der Waals surface area contributed by atoms with Gasteiger partial charge in [0.05, 0.1) is 7.11 Å². The van der Waals surface area contributed by atoms with E-state index in [0.29, 0.717) is 12.1 Å². The van der Waals surface area contributed by atoms with Crippen LogP contribution in [0.1, 0.15) is 30.4 Å². The van der Waals surface area contributed by atoms with Crippen LogP contribution in [0.25, 0.3) is 0 Å². The number of methoxy groups -OCH3 is 1. The largest absolute Gasteiger partial charge is 0.496 e. The summed E-state index contributed by atoms with van der Waals surface area (Å²) >= 11 is 0. The van der Waals surface area contributed by atoms with Gasteiger partial charge in [-0.2, -0.15) is 0 Å². The van der Waals surface area contributed by atoms with Crippen molar-refractivity contribution >= 4 is 0 Å². The number of benzene rings is 1. The summed E-state index contributed by atoms with van der Waals surface area (Å²) in [6.07, 6.45) is 3.96. The maximum absolute atomic E-state index is 5.72. The van der Waals surface area contributed by atoms with E-state index in [-0.39, 0.29) is 0 Å². The highest BCUT2D eigenvalue weighted by Gasteiger charge is 2.39. The van der Waals surface area contributed by atoms with Crippen LogP contribution in [0, 0.1) is 0 Å². The average molecular weight is 291 g/mol. The van der Waals surface area contributed by atoms with E-state index in [9.17, 15) is 0 Å². The predicted octanol–water partition coefficient (Wildman–Crippen LogP) is 2.07. The second-order valence-electron chi connectivity index (χ2n) is 6.49. The van der Waals surface area contributed by atoms with Crippen LogP contribution in [0.5, 0.6) is 5.75 Å². The fraction of sp³-hybridized carbons (Fsp3) is 0.647. The molecule has 0 unspecified atom stereocenters. The zero-order valence-corrected chi connectivity index (χ0v) is 13.9. The molecule has 4 nitrogen and oxygen atoms in total. The number of hydrogen-bond acceptors (Lipinski definition) is 4. The van der Waals surface area contributed by atoms with Crippen LogP contribution in [0.4, 0.5) is 0 Å². The van der Waals surface area contributed by atoms with E-state index in [0.717, 1.165) is 24.4 Å². The van der Waals surface area contributed by atoms with Gasteiger partial charge >= 0.3 is 0 Å². The van der Waals surface area contributed by atoms with Crippen LogP contribution >= 0.6 is 0 Å². The lowest BCUT2D eigenvalue weighted by Gasteiger charge is -2.49. The molecule has 0 amide bonds. The third kappa shape index (κ3) is 3.57. The fourth-order valence-corrected chi connectivity index (χ4v) is 3.26. The minimum atomic E-state index is 0.371. The summed E-state index contributed by atoms with van der Waals surface area (Å²) in [5, 5.41) is 0. The maximum atomic E-state index is 5.72. The molecule has 0 aliphatic heterocycles. The molecule has 1 aromatic carbocycles. The highest BCUT2D eigenvalue weighted by molar-refractivity contribution is 5.37. The van der Waals surface area contributed by atoms with Gasteiger partial charge in [-0.05, 0) is 52.0 Å². The average Bonchev–Trinajstić information content (AvgIpc) is 2.42. The van der Waals surface area contributed by atoms with Crippen LogP contribution < -0.4 is 10.5 Å². The van der Waals surface area contributed by atoms with Crippen molar-refractivity contribution in [1.82, 2.24) is 9.80 Å². The minimum absolute atomic E-state index is 0.371. The molecule has 2 N–H and O–H groups in total. The van der Waals surface area contributed by atoms with E-state index in [2.05, 4.69) is 49.1 Å². The van der Waals surface area contributed by atoms with E-state index in [4.69, 9.17) is 10.5 Å². The lowest BCUT2D eigenvalue weighted by atomic mass is 9.75. The van der Waals surface area contributed by atoms with Crippen LogP contribution in [0.2, 0.25) is 0 Å². The Morgan fingerprint density at radius 1 is 1.24 bits per heavy atom. The normalized spacial score (nSPS) is 17.1. The molecule has 0 spiro atoms. The summed E-state index contributed by atoms with van der Waals surface area (Å²) in [6.45, 7) is 2.57. The molecule has 1 aliphatic carbocycles. The number of ether oxygens (including phenoxy) is 1. The molecule has 0 radical (unpaired) electrons. The molecule has 0 heterocycles. The Morgan fingerprint density at radius 2 is 1.95 bits per heavy atom. The Balaban J connectivity index is 2.01. The van der Waals surface area contributed by atoms with E-state index < -0.39 is 0 Å². The van der Waals surface area contributed by atoms with Crippen LogP contribution in [-0.4, -0.2) is 50.1 Å². The molecule has 0 aromatic heterocycles. The second kappa shape index (κ2) is 6.77.